The number of nitrogens with one attached hydrogen (secondary N) is 2. The zero-order valence-electron chi connectivity index (χ0n) is 16.4. The summed E-state index contributed by atoms with van der Waals surface area (Å²) in [6, 6.07) is 22.6. The fourth-order valence-corrected chi connectivity index (χ4v) is 3.16. The third-order valence-electron chi connectivity index (χ3n) is 4.82. The van der Waals surface area contributed by atoms with E-state index in [1.165, 1.54) is 6.07 Å². The van der Waals surface area contributed by atoms with E-state index < -0.39 is 4.92 Å². The van der Waals surface area contributed by atoms with Gasteiger partial charge in [0.25, 0.3) is 5.69 Å². The second-order valence-electron chi connectivity index (χ2n) is 6.89. The van der Waals surface area contributed by atoms with E-state index in [1.54, 1.807) is 13.0 Å². The van der Waals surface area contributed by atoms with E-state index in [9.17, 15) is 14.9 Å². The van der Waals surface area contributed by atoms with Gasteiger partial charge in [-0.1, -0.05) is 60.7 Å². The van der Waals surface area contributed by atoms with Gasteiger partial charge in [0.1, 0.15) is 5.69 Å². The van der Waals surface area contributed by atoms with Crippen LogP contribution in [-0.2, 0) is 4.79 Å². The van der Waals surface area contributed by atoms with Crippen LogP contribution >= 0.6 is 0 Å². The van der Waals surface area contributed by atoms with E-state index in [-0.39, 0.29) is 29.9 Å². The molecule has 3 aromatic carbocycles. The van der Waals surface area contributed by atoms with E-state index >= 15 is 0 Å². The molecule has 0 heterocycles. The number of aryl methyl sites for hydroxylation is 2. The van der Waals surface area contributed by atoms with Crippen LogP contribution in [0.4, 0.5) is 11.4 Å². The van der Waals surface area contributed by atoms with Crippen molar-refractivity contribution in [1.82, 2.24) is 5.32 Å². The van der Waals surface area contributed by atoms with Crippen molar-refractivity contribution in [2.45, 2.75) is 19.9 Å². The molecule has 0 aliphatic heterocycles. The summed E-state index contributed by atoms with van der Waals surface area (Å²) < 4.78 is 0. The topological polar surface area (TPSA) is 84.3 Å². The minimum absolute atomic E-state index is 0.0124. The largest absolute Gasteiger partial charge is 0.319 e. The van der Waals surface area contributed by atoms with Crippen molar-refractivity contribution >= 4 is 17.3 Å². The second kappa shape index (κ2) is 9.12. The molecule has 29 heavy (non-hydrogen) atoms. The highest BCUT2D eigenvalue weighted by atomic mass is 16.6. The standard InChI is InChI=1S/C23H23N3O3/c1-16-13-20(21(26(28)29)14-17(16)2)25-22(27)15-24-23(18-9-5-3-6-10-18)19-11-7-4-8-12-19/h3-14,23-24H,15H2,1-2H3,(H,25,27). The van der Waals surface area contributed by atoms with Gasteiger partial charge in [-0.05, 0) is 42.2 Å². The highest BCUT2D eigenvalue weighted by Gasteiger charge is 2.19. The quantitative estimate of drug-likeness (QED) is 0.459. The number of rotatable bonds is 7. The van der Waals surface area contributed by atoms with Crippen LogP contribution in [0.2, 0.25) is 0 Å². The van der Waals surface area contributed by atoms with Crippen molar-refractivity contribution in [3.05, 3.63) is 105 Å². The number of nitro benzene ring substituents is 1. The molecule has 0 aliphatic rings. The highest BCUT2D eigenvalue weighted by Crippen LogP contribution is 2.28. The Morgan fingerprint density at radius 3 is 1.97 bits per heavy atom. The third kappa shape index (κ3) is 5.06. The Hall–Kier alpha value is -3.51. The van der Waals surface area contributed by atoms with Gasteiger partial charge in [-0.2, -0.15) is 0 Å². The van der Waals surface area contributed by atoms with Crippen LogP contribution in [0, 0.1) is 24.0 Å². The van der Waals surface area contributed by atoms with Crippen LogP contribution in [0.3, 0.4) is 0 Å². The summed E-state index contributed by atoms with van der Waals surface area (Å²) in [5.74, 6) is -0.340. The molecule has 0 aliphatic carbocycles. The first-order valence-corrected chi connectivity index (χ1v) is 9.34. The number of amides is 1. The summed E-state index contributed by atoms with van der Waals surface area (Å²) in [5, 5.41) is 17.3. The number of anilines is 1. The van der Waals surface area contributed by atoms with Crippen molar-refractivity contribution in [2.24, 2.45) is 0 Å². The minimum Gasteiger partial charge on any atom is -0.319 e. The molecular weight excluding hydrogens is 366 g/mol. The average molecular weight is 389 g/mol. The van der Waals surface area contributed by atoms with Crippen molar-refractivity contribution in [2.75, 3.05) is 11.9 Å². The normalized spacial score (nSPS) is 10.7. The number of nitrogens with zero attached hydrogens (tertiary/aromatic N) is 1. The molecule has 3 rings (SSSR count). The Morgan fingerprint density at radius 1 is 0.931 bits per heavy atom. The lowest BCUT2D eigenvalue weighted by Gasteiger charge is -2.20. The van der Waals surface area contributed by atoms with Crippen molar-refractivity contribution in [3.63, 3.8) is 0 Å². The van der Waals surface area contributed by atoms with E-state index in [0.717, 1.165) is 22.3 Å². The first-order valence-electron chi connectivity index (χ1n) is 9.34. The van der Waals surface area contributed by atoms with Crippen LogP contribution in [0.15, 0.2) is 72.8 Å². The van der Waals surface area contributed by atoms with Crippen LogP contribution < -0.4 is 10.6 Å². The maximum absolute atomic E-state index is 12.6. The molecule has 0 spiro atoms. The Labute approximate surface area is 169 Å². The molecule has 0 saturated heterocycles. The SMILES string of the molecule is Cc1cc(NC(=O)CNC(c2ccccc2)c2ccccc2)c([N+](=O)[O-])cc1C. The van der Waals surface area contributed by atoms with Gasteiger partial charge in [-0.15, -0.1) is 0 Å². The van der Waals surface area contributed by atoms with Crippen LogP contribution in [0.25, 0.3) is 0 Å². The molecule has 0 saturated carbocycles. The smallest absolute Gasteiger partial charge is 0.293 e. The molecule has 0 bridgehead atoms. The van der Waals surface area contributed by atoms with Gasteiger partial charge < -0.3 is 5.32 Å². The molecular formula is C23H23N3O3. The summed E-state index contributed by atoms with van der Waals surface area (Å²) in [7, 11) is 0. The Kier molecular flexibility index (Phi) is 6.36. The molecule has 6 nitrogen and oxygen atoms in total. The maximum Gasteiger partial charge on any atom is 0.293 e. The van der Waals surface area contributed by atoms with Gasteiger partial charge in [-0.3, -0.25) is 20.2 Å². The Balaban J connectivity index is 1.76. The second-order valence-corrected chi connectivity index (χ2v) is 6.89. The van der Waals surface area contributed by atoms with E-state index in [4.69, 9.17) is 0 Å². The van der Waals surface area contributed by atoms with Gasteiger partial charge in [0, 0.05) is 6.07 Å². The van der Waals surface area contributed by atoms with Gasteiger partial charge >= 0.3 is 0 Å². The predicted octanol–water partition coefficient (Wildman–Crippen LogP) is 4.53. The fourth-order valence-electron chi connectivity index (χ4n) is 3.16. The molecule has 0 unspecified atom stereocenters. The number of nitro groups is 1. The summed E-state index contributed by atoms with van der Waals surface area (Å²) in [6.45, 7) is 3.67. The lowest BCUT2D eigenvalue weighted by molar-refractivity contribution is -0.384. The molecule has 0 atom stereocenters. The lowest BCUT2D eigenvalue weighted by Crippen LogP contribution is -2.32. The first-order chi connectivity index (χ1) is 14.0. The van der Waals surface area contributed by atoms with Crippen molar-refractivity contribution in [3.8, 4) is 0 Å². The molecule has 6 heteroatoms. The zero-order valence-corrected chi connectivity index (χ0v) is 16.4. The van der Waals surface area contributed by atoms with Crippen molar-refractivity contribution in [1.29, 1.82) is 0 Å². The summed E-state index contributed by atoms with van der Waals surface area (Å²) in [5.41, 5.74) is 3.85. The number of carbonyl (C=O) groups is 1. The summed E-state index contributed by atoms with van der Waals surface area (Å²) in [4.78, 5) is 23.4. The van der Waals surface area contributed by atoms with Gasteiger partial charge in [-0.25, -0.2) is 0 Å². The van der Waals surface area contributed by atoms with Gasteiger partial charge in [0.15, 0.2) is 0 Å². The number of hydrogen-bond donors (Lipinski definition) is 2. The summed E-state index contributed by atoms with van der Waals surface area (Å²) in [6.07, 6.45) is 0. The van der Waals surface area contributed by atoms with Crippen molar-refractivity contribution < 1.29 is 9.72 Å². The van der Waals surface area contributed by atoms with E-state index in [2.05, 4.69) is 10.6 Å². The predicted molar refractivity (Wildman–Crippen MR) is 114 cm³/mol. The number of hydrogen-bond acceptors (Lipinski definition) is 4. The van der Waals surface area contributed by atoms with Crippen LogP contribution in [-0.4, -0.2) is 17.4 Å². The third-order valence-corrected chi connectivity index (χ3v) is 4.82. The molecule has 148 valence electrons. The molecule has 2 N–H and O–H groups in total. The average Bonchev–Trinajstić information content (AvgIpc) is 2.72. The summed E-state index contributed by atoms with van der Waals surface area (Å²) >= 11 is 0. The van der Waals surface area contributed by atoms with E-state index in [1.807, 2.05) is 67.6 Å². The maximum atomic E-state index is 12.6. The molecule has 0 radical (unpaired) electrons. The zero-order chi connectivity index (χ0) is 20.8. The fraction of sp³-hybridized carbons (Fsp3) is 0.174. The molecule has 0 aromatic heterocycles. The molecule has 3 aromatic rings. The monoisotopic (exact) mass is 389 g/mol. The van der Waals surface area contributed by atoms with Crippen LogP contribution in [0.1, 0.15) is 28.3 Å². The van der Waals surface area contributed by atoms with Gasteiger partial charge in [0.2, 0.25) is 5.91 Å². The number of carbonyl (C=O) groups excluding carboxylic acids is 1. The first kappa shape index (κ1) is 20.2. The number of benzene rings is 3. The van der Waals surface area contributed by atoms with Gasteiger partial charge in [0.05, 0.1) is 17.5 Å². The van der Waals surface area contributed by atoms with Crippen LogP contribution in [0.5, 0.6) is 0 Å². The van der Waals surface area contributed by atoms with E-state index in [0.29, 0.717) is 0 Å². The lowest BCUT2D eigenvalue weighted by atomic mass is 9.99. The Morgan fingerprint density at radius 2 is 1.45 bits per heavy atom. The Bertz CT molecular complexity index is 965. The highest BCUT2D eigenvalue weighted by molar-refractivity contribution is 5.94. The molecule has 0 fully saturated rings. The molecule has 1 amide bonds. The minimum atomic E-state index is -0.480.